The molecule has 40 heavy (non-hydrogen) atoms. The van der Waals surface area contributed by atoms with Crippen molar-refractivity contribution in [2.45, 2.75) is 4.90 Å². The molecule has 0 spiro atoms. The van der Waals surface area contributed by atoms with Gasteiger partial charge in [-0.15, -0.1) is 0 Å². The smallest absolute Gasteiger partial charge is 0.269 e. The zero-order chi connectivity index (χ0) is 28.9. The number of ketones is 1. The maximum atomic E-state index is 13.1. The Balaban J connectivity index is 1.46. The number of benzene rings is 4. The monoisotopic (exact) mass is 599 g/mol. The molecule has 13 heteroatoms. The number of sulfonamides is 1. The Morgan fingerprint density at radius 2 is 1.57 bits per heavy atom. The lowest BCUT2D eigenvalue weighted by Gasteiger charge is -2.14. The highest BCUT2D eigenvalue weighted by Gasteiger charge is 2.20. The number of nitrogens with zero attached hydrogens (tertiary/aromatic N) is 1. The van der Waals surface area contributed by atoms with Crippen molar-refractivity contribution in [3.8, 4) is 11.5 Å². The number of Topliss-reactive ketones (excluding diaryl/α,β-unsaturated/α-hetero) is 1. The van der Waals surface area contributed by atoms with Crippen molar-refractivity contribution in [1.82, 2.24) is 5.32 Å². The fraction of sp³-hybridized carbons (Fsp3) is 0.0370. The summed E-state index contributed by atoms with van der Waals surface area (Å²) in [5, 5.41) is 13.8. The van der Waals surface area contributed by atoms with Gasteiger partial charge in [-0.25, -0.2) is 8.42 Å². The summed E-state index contributed by atoms with van der Waals surface area (Å²) in [5.74, 6) is -0.511. The van der Waals surface area contributed by atoms with Gasteiger partial charge in [0, 0.05) is 22.7 Å². The van der Waals surface area contributed by atoms with Gasteiger partial charge in [-0.3, -0.25) is 24.4 Å². The van der Waals surface area contributed by atoms with Crippen molar-refractivity contribution in [3.05, 3.63) is 122 Å². The molecule has 10 nitrogen and oxygen atoms in total. The van der Waals surface area contributed by atoms with Gasteiger partial charge in [0.05, 0.1) is 32.6 Å². The second-order valence-electron chi connectivity index (χ2n) is 8.21. The Labute approximate surface area is 238 Å². The molecular weight excluding hydrogens is 581 g/mol. The number of non-ortho nitro benzene ring substituents is 1. The second-order valence-corrected chi connectivity index (χ2v) is 10.7. The predicted molar refractivity (Wildman–Crippen MR) is 150 cm³/mol. The first-order chi connectivity index (χ1) is 19.0. The summed E-state index contributed by atoms with van der Waals surface area (Å²) < 4.78 is 34.2. The second kappa shape index (κ2) is 12.2. The Bertz CT molecular complexity index is 1690. The van der Waals surface area contributed by atoms with Gasteiger partial charge in [0.25, 0.3) is 21.6 Å². The average Bonchev–Trinajstić information content (AvgIpc) is 2.94. The molecule has 0 aromatic heterocycles. The molecule has 0 saturated carbocycles. The Hall–Kier alpha value is -4.45. The van der Waals surface area contributed by atoms with Crippen molar-refractivity contribution in [1.29, 1.82) is 0 Å². The van der Waals surface area contributed by atoms with E-state index in [2.05, 4.69) is 10.0 Å². The SMILES string of the molecule is O=C(CNC(=O)c1cc(Cl)ccc1NS(=O)(=O)c1ccc(Oc2ccccc2Cl)cc1)c1ccc([N+](=O)[O-])cc1. The number of carbonyl (C=O) groups is 2. The number of carbonyl (C=O) groups excluding carboxylic acids is 2. The fourth-order valence-corrected chi connectivity index (χ4v) is 4.89. The van der Waals surface area contributed by atoms with Gasteiger partial charge in [0.2, 0.25) is 0 Å². The molecule has 4 rings (SSSR count). The lowest BCUT2D eigenvalue weighted by Crippen LogP contribution is -2.30. The normalized spacial score (nSPS) is 10.9. The van der Waals surface area contributed by atoms with Crippen LogP contribution in [0.4, 0.5) is 11.4 Å². The molecule has 0 fully saturated rings. The minimum Gasteiger partial charge on any atom is -0.456 e. The van der Waals surface area contributed by atoms with E-state index in [1.165, 1.54) is 66.7 Å². The molecule has 0 atom stereocenters. The van der Waals surface area contributed by atoms with E-state index in [0.717, 1.165) is 0 Å². The number of anilines is 1. The molecule has 4 aromatic carbocycles. The third-order valence-electron chi connectivity index (χ3n) is 5.48. The summed E-state index contributed by atoms with van der Waals surface area (Å²) in [5.41, 5.74) is -0.216. The molecule has 0 saturated heterocycles. The lowest BCUT2D eigenvalue weighted by atomic mass is 10.1. The molecule has 0 aliphatic carbocycles. The first-order valence-corrected chi connectivity index (χ1v) is 13.7. The summed E-state index contributed by atoms with van der Waals surface area (Å²) in [4.78, 5) is 35.4. The van der Waals surface area contributed by atoms with Crippen LogP contribution in [0.2, 0.25) is 10.0 Å². The highest BCUT2D eigenvalue weighted by atomic mass is 35.5. The third kappa shape index (κ3) is 6.94. The molecule has 204 valence electrons. The van der Waals surface area contributed by atoms with E-state index in [1.54, 1.807) is 24.3 Å². The highest BCUT2D eigenvalue weighted by Crippen LogP contribution is 2.30. The van der Waals surface area contributed by atoms with Gasteiger partial charge in [-0.2, -0.15) is 0 Å². The van der Waals surface area contributed by atoms with Gasteiger partial charge >= 0.3 is 0 Å². The van der Waals surface area contributed by atoms with Crippen molar-refractivity contribution in [2.24, 2.45) is 0 Å². The van der Waals surface area contributed by atoms with E-state index in [-0.39, 0.29) is 32.4 Å². The van der Waals surface area contributed by atoms with Gasteiger partial charge < -0.3 is 10.1 Å². The van der Waals surface area contributed by atoms with Crippen LogP contribution in [0.1, 0.15) is 20.7 Å². The van der Waals surface area contributed by atoms with Gasteiger partial charge in [-0.05, 0) is 66.7 Å². The largest absolute Gasteiger partial charge is 0.456 e. The zero-order valence-corrected chi connectivity index (χ0v) is 22.7. The van der Waals surface area contributed by atoms with E-state index in [4.69, 9.17) is 27.9 Å². The number of para-hydroxylation sites is 1. The third-order valence-corrected chi connectivity index (χ3v) is 7.41. The minimum atomic E-state index is -4.14. The van der Waals surface area contributed by atoms with E-state index >= 15 is 0 Å². The number of nitro groups is 1. The maximum absolute atomic E-state index is 13.1. The van der Waals surface area contributed by atoms with Crippen molar-refractivity contribution >= 4 is 56.3 Å². The van der Waals surface area contributed by atoms with Crippen molar-refractivity contribution in [2.75, 3.05) is 11.3 Å². The van der Waals surface area contributed by atoms with E-state index in [1.807, 2.05) is 0 Å². The van der Waals surface area contributed by atoms with Crippen LogP contribution in [-0.2, 0) is 10.0 Å². The van der Waals surface area contributed by atoms with Crippen LogP contribution in [0.5, 0.6) is 11.5 Å². The first kappa shape index (κ1) is 28.6. The summed E-state index contributed by atoms with van der Waals surface area (Å²) >= 11 is 12.1. The number of amides is 1. The summed E-state index contributed by atoms with van der Waals surface area (Å²) in [6.45, 7) is -0.442. The number of hydrogen-bond acceptors (Lipinski definition) is 7. The van der Waals surface area contributed by atoms with Gasteiger partial charge in [0.15, 0.2) is 5.78 Å². The number of hydrogen-bond donors (Lipinski definition) is 2. The van der Waals surface area contributed by atoms with Gasteiger partial charge in [-0.1, -0.05) is 35.3 Å². The van der Waals surface area contributed by atoms with E-state index in [0.29, 0.717) is 16.5 Å². The first-order valence-electron chi connectivity index (χ1n) is 11.4. The van der Waals surface area contributed by atoms with Crippen LogP contribution < -0.4 is 14.8 Å². The van der Waals surface area contributed by atoms with Gasteiger partial charge in [0.1, 0.15) is 11.5 Å². The Morgan fingerprint density at radius 3 is 2.23 bits per heavy atom. The summed E-state index contributed by atoms with van der Waals surface area (Å²) in [7, 11) is -4.14. The Morgan fingerprint density at radius 1 is 0.900 bits per heavy atom. The minimum absolute atomic E-state index is 0.0684. The number of ether oxygens (including phenoxy) is 1. The standard InChI is InChI=1S/C27H19Cl2N3O7S/c28-18-7-14-24(22(15-18)27(34)30-16-25(33)17-5-8-19(9-6-17)32(35)36)31-40(37,38)21-12-10-20(11-13-21)39-26-4-2-1-3-23(26)29/h1-15,31H,16H2,(H,30,34). The lowest BCUT2D eigenvalue weighted by molar-refractivity contribution is -0.384. The maximum Gasteiger partial charge on any atom is 0.269 e. The molecule has 0 bridgehead atoms. The molecule has 0 aliphatic rings. The average molecular weight is 600 g/mol. The van der Waals surface area contributed by atoms with Crippen LogP contribution in [0, 0.1) is 10.1 Å². The zero-order valence-electron chi connectivity index (χ0n) is 20.3. The highest BCUT2D eigenvalue weighted by molar-refractivity contribution is 7.92. The van der Waals surface area contributed by atoms with Crippen LogP contribution in [-0.4, -0.2) is 31.6 Å². The van der Waals surface area contributed by atoms with Crippen LogP contribution in [0.3, 0.4) is 0 Å². The molecule has 0 unspecified atom stereocenters. The van der Waals surface area contributed by atoms with E-state index < -0.39 is 33.2 Å². The topological polar surface area (TPSA) is 145 Å². The molecule has 2 N–H and O–H groups in total. The van der Waals surface area contributed by atoms with Crippen molar-refractivity contribution < 1.29 is 27.7 Å². The van der Waals surface area contributed by atoms with Crippen molar-refractivity contribution in [3.63, 3.8) is 0 Å². The van der Waals surface area contributed by atoms with Crippen LogP contribution >= 0.6 is 23.2 Å². The quantitative estimate of drug-likeness (QED) is 0.127. The summed E-state index contributed by atoms with van der Waals surface area (Å²) in [6, 6.07) is 21.3. The number of nitro benzene ring substituents is 1. The number of rotatable bonds is 10. The number of halogens is 2. The predicted octanol–water partition coefficient (Wildman–Crippen LogP) is 6.11. The summed E-state index contributed by atoms with van der Waals surface area (Å²) in [6.07, 6.45) is 0. The number of nitrogens with one attached hydrogen (secondary N) is 2. The van der Waals surface area contributed by atoms with Crippen LogP contribution in [0.25, 0.3) is 0 Å². The van der Waals surface area contributed by atoms with E-state index in [9.17, 15) is 28.1 Å². The molecule has 1 amide bonds. The molecule has 0 heterocycles. The molecule has 0 aliphatic heterocycles. The van der Waals surface area contributed by atoms with Crippen LogP contribution in [0.15, 0.2) is 95.9 Å². The molecular formula is C27H19Cl2N3O7S. The molecule has 0 radical (unpaired) electrons. The fourth-order valence-electron chi connectivity index (χ4n) is 3.47. The Kier molecular flexibility index (Phi) is 8.68. The molecule has 4 aromatic rings.